The molecule has 1 aromatic heterocycles. The lowest BCUT2D eigenvalue weighted by molar-refractivity contribution is 0.458. The Kier molecular flexibility index (Phi) is 4.11. The van der Waals surface area contributed by atoms with E-state index in [0.717, 1.165) is 4.90 Å². The molecule has 0 radical (unpaired) electrons. The first-order valence-corrected chi connectivity index (χ1v) is 6.76. The average molecular weight is 277 g/mol. The van der Waals surface area contributed by atoms with Gasteiger partial charge < -0.3 is 10.5 Å². The second-order valence-corrected chi connectivity index (χ2v) is 4.67. The van der Waals surface area contributed by atoms with E-state index in [-0.39, 0.29) is 4.99 Å². The van der Waals surface area contributed by atoms with Gasteiger partial charge in [0.05, 0.1) is 0 Å². The Balaban J connectivity index is 2.25. The third-order valence-corrected chi connectivity index (χ3v) is 3.11. The van der Waals surface area contributed by atoms with Crippen LogP contribution in [0.15, 0.2) is 41.6 Å². The van der Waals surface area contributed by atoms with Crippen molar-refractivity contribution < 1.29 is 4.74 Å². The molecule has 2 aromatic rings. The van der Waals surface area contributed by atoms with Crippen molar-refractivity contribution in [2.24, 2.45) is 5.73 Å². The van der Waals surface area contributed by atoms with Crippen LogP contribution in [-0.2, 0) is 0 Å². The molecule has 0 unspecified atom stereocenters. The lowest BCUT2D eigenvalue weighted by Crippen LogP contribution is -2.13. The summed E-state index contributed by atoms with van der Waals surface area (Å²) >= 11 is 6.56. The molecule has 0 amide bonds. The highest BCUT2D eigenvalue weighted by atomic mass is 32.2. The molecule has 18 heavy (non-hydrogen) atoms. The van der Waals surface area contributed by atoms with Crippen LogP contribution in [0.25, 0.3) is 0 Å². The van der Waals surface area contributed by atoms with Gasteiger partial charge in [-0.2, -0.15) is 0 Å². The zero-order valence-corrected chi connectivity index (χ0v) is 11.3. The van der Waals surface area contributed by atoms with Gasteiger partial charge in [0.15, 0.2) is 5.69 Å². The number of nitrogens with zero attached hydrogens (tertiary/aromatic N) is 2. The fourth-order valence-electron chi connectivity index (χ4n) is 1.32. The number of benzene rings is 1. The molecule has 0 saturated heterocycles. The van der Waals surface area contributed by atoms with Crippen LogP contribution in [0, 0.1) is 0 Å². The van der Waals surface area contributed by atoms with Crippen LogP contribution >= 0.6 is 24.0 Å². The first kappa shape index (κ1) is 12.8. The fourth-order valence-corrected chi connectivity index (χ4v) is 1.87. The van der Waals surface area contributed by atoms with Gasteiger partial charge in [0.1, 0.15) is 10.7 Å². The van der Waals surface area contributed by atoms with E-state index in [9.17, 15) is 0 Å². The number of thioether (sulfide) groups is 1. The fraction of sp³-hybridized carbons (Fsp3) is 0.0833. The summed E-state index contributed by atoms with van der Waals surface area (Å²) in [5.41, 5.74) is 5.95. The summed E-state index contributed by atoms with van der Waals surface area (Å²) in [6, 6.07) is 7.67. The topological polar surface area (TPSA) is 61.0 Å². The normalized spacial score (nSPS) is 10.1. The Labute approximate surface area is 115 Å². The maximum Gasteiger partial charge on any atom is 0.248 e. The maximum atomic E-state index is 5.62. The lowest BCUT2D eigenvalue weighted by Gasteiger charge is -2.08. The smallest absolute Gasteiger partial charge is 0.248 e. The minimum absolute atomic E-state index is 0.166. The number of hydrogen-bond donors (Lipinski definition) is 1. The molecule has 6 heteroatoms. The molecule has 4 nitrogen and oxygen atoms in total. The Morgan fingerprint density at radius 1 is 1.22 bits per heavy atom. The second-order valence-electron chi connectivity index (χ2n) is 3.35. The van der Waals surface area contributed by atoms with E-state index in [0.29, 0.717) is 17.3 Å². The highest BCUT2D eigenvalue weighted by Crippen LogP contribution is 2.24. The van der Waals surface area contributed by atoms with Gasteiger partial charge in [-0.25, -0.2) is 9.97 Å². The molecule has 2 rings (SSSR count). The molecular formula is C12H11N3OS2. The van der Waals surface area contributed by atoms with E-state index < -0.39 is 0 Å². The zero-order valence-electron chi connectivity index (χ0n) is 9.66. The molecule has 0 fully saturated rings. The third-order valence-electron chi connectivity index (χ3n) is 2.17. The summed E-state index contributed by atoms with van der Waals surface area (Å²) in [6.45, 7) is 0. The predicted molar refractivity (Wildman–Crippen MR) is 76.2 cm³/mol. The van der Waals surface area contributed by atoms with Crippen molar-refractivity contribution in [3.63, 3.8) is 0 Å². The van der Waals surface area contributed by atoms with Gasteiger partial charge in [0, 0.05) is 17.3 Å². The summed E-state index contributed by atoms with van der Waals surface area (Å²) in [6.07, 6.45) is 5.08. The Hall–Kier alpha value is -1.66. The highest BCUT2D eigenvalue weighted by molar-refractivity contribution is 7.98. The third kappa shape index (κ3) is 2.96. The number of thiocarbonyl (C=S) groups is 1. The first-order chi connectivity index (χ1) is 8.70. The van der Waals surface area contributed by atoms with Crippen LogP contribution in [0.3, 0.4) is 0 Å². The maximum absolute atomic E-state index is 5.62. The van der Waals surface area contributed by atoms with Gasteiger partial charge in [-0.3, -0.25) is 0 Å². The van der Waals surface area contributed by atoms with Gasteiger partial charge >= 0.3 is 0 Å². The number of rotatable bonds is 4. The molecule has 0 aliphatic rings. The van der Waals surface area contributed by atoms with E-state index in [1.165, 1.54) is 12.4 Å². The van der Waals surface area contributed by atoms with Crippen LogP contribution in [0.2, 0.25) is 0 Å². The minimum atomic E-state index is 0.166. The largest absolute Gasteiger partial charge is 0.437 e. The first-order valence-electron chi connectivity index (χ1n) is 5.13. The van der Waals surface area contributed by atoms with E-state index in [2.05, 4.69) is 9.97 Å². The molecule has 92 valence electrons. The van der Waals surface area contributed by atoms with Crippen molar-refractivity contribution in [2.75, 3.05) is 6.26 Å². The van der Waals surface area contributed by atoms with Crippen molar-refractivity contribution in [3.05, 3.63) is 42.4 Å². The Morgan fingerprint density at radius 3 is 2.50 bits per heavy atom. The second kappa shape index (κ2) is 5.79. The molecule has 2 N–H and O–H groups in total. The van der Waals surface area contributed by atoms with Crippen LogP contribution < -0.4 is 10.5 Å². The molecule has 0 saturated carbocycles. The van der Waals surface area contributed by atoms with E-state index in [4.69, 9.17) is 22.7 Å². The Morgan fingerprint density at radius 2 is 1.89 bits per heavy atom. The zero-order chi connectivity index (χ0) is 13.0. The van der Waals surface area contributed by atoms with E-state index >= 15 is 0 Å². The highest BCUT2D eigenvalue weighted by Gasteiger charge is 2.09. The minimum Gasteiger partial charge on any atom is -0.437 e. The van der Waals surface area contributed by atoms with Crippen molar-refractivity contribution in [1.29, 1.82) is 0 Å². The molecule has 0 atom stereocenters. The molecule has 0 aliphatic carbocycles. The van der Waals surface area contributed by atoms with Crippen LogP contribution in [0.5, 0.6) is 11.6 Å². The summed E-state index contributed by atoms with van der Waals surface area (Å²) in [5, 5.41) is 0. The van der Waals surface area contributed by atoms with Gasteiger partial charge in [0.25, 0.3) is 0 Å². The molecule has 0 aliphatic heterocycles. The van der Waals surface area contributed by atoms with Gasteiger partial charge in [-0.05, 0) is 30.5 Å². The van der Waals surface area contributed by atoms with Crippen molar-refractivity contribution in [1.82, 2.24) is 9.97 Å². The summed E-state index contributed by atoms with van der Waals surface area (Å²) < 4.78 is 5.62. The van der Waals surface area contributed by atoms with Crippen molar-refractivity contribution in [3.8, 4) is 11.6 Å². The quantitative estimate of drug-likeness (QED) is 0.685. The van der Waals surface area contributed by atoms with Gasteiger partial charge in [-0.1, -0.05) is 12.2 Å². The standard InChI is InChI=1S/C12H11N3OS2/c1-18-9-4-2-8(3-5-9)16-12-10(11(13)17)14-6-7-15-12/h2-7H,1H3,(H2,13,17). The van der Waals surface area contributed by atoms with Gasteiger partial charge in [-0.15, -0.1) is 11.8 Å². The summed E-state index contributed by atoms with van der Waals surface area (Å²) in [7, 11) is 0. The van der Waals surface area contributed by atoms with E-state index in [1.807, 2.05) is 30.5 Å². The Bertz CT molecular complexity index is 558. The SMILES string of the molecule is CSc1ccc(Oc2nccnc2C(N)=S)cc1. The van der Waals surface area contributed by atoms with Crippen molar-refractivity contribution in [2.45, 2.75) is 4.90 Å². The van der Waals surface area contributed by atoms with Crippen molar-refractivity contribution >= 4 is 29.0 Å². The molecule has 1 heterocycles. The van der Waals surface area contributed by atoms with Crippen LogP contribution in [0.1, 0.15) is 5.69 Å². The molecule has 0 bridgehead atoms. The van der Waals surface area contributed by atoms with Crippen LogP contribution in [-0.4, -0.2) is 21.2 Å². The monoisotopic (exact) mass is 277 g/mol. The molecule has 0 spiro atoms. The number of aromatic nitrogens is 2. The summed E-state index contributed by atoms with van der Waals surface area (Å²) in [5.74, 6) is 0.993. The number of hydrogen-bond acceptors (Lipinski definition) is 5. The number of ether oxygens (including phenoxy) is 1. The average Bonchev–Trinajstić information content (AvgIpc) is 2.40. The number of nitrogens with two attached hydrogens (primary N) is 1. The lowest BCUT2D eigenvalue weighted by atomic mass is 10.3. The van der Waals surface area contributed by atoms with Gasteiger partial charge in [0.2, 0.25) is 5.88 Å². The molecule has 1 aromatic carbocycles. The molecular weight excluding hydrogens is 266 g/mol. The summed E-state index contributed by atoms with van der Waals surface area (Å²) in [4.78, 5) is 9.46. The van der Waals surface area contributed by atoms with Crippen LogP contribution in [0.4, 0.5) is 0 Å². The predicted octanol–water partition coefficient (Wildman–Crippen LogP) is 2.62. The van der Waals surface area contributed by atoms with E-state index in [1.54, 1.807) is 11.8 Å².